The molecular weight excluding hydrogens is 322 g/mol. The second-order valence-corrected chi connectivity index (χ2v) is 6.48. The van der Waals surface area contributed by atoms with Crippen LogP contribution >= 0.6 is 0 Å². The lowest BCUT2D eigenvalue weighted by atomic mass is 10.0. The SMILES string of the molecule is Cc1noc(C)c1CN(C)C(=O)[C@H](c1ccc2c(c1)OCO2)N(C)C. The minimum atomic E-state index is -0.417. The molecule has 1 aliphatic heterocycles. The van der Waals surface area contributed by atoms with Crippen LogP contribution in [0.15, 0.2) is 22.7 Å². The van der Waals surface area contributed by atoms with Gasteiger partial charge in [-0.2, -0.15) is 0 Å². The maximum atomic E-state index is 13.1. The van der Waals surface area contributed by atoms with Crippen molar-refractivity contribution in [1.29, 1.82) is 0 Å². The van der Waals surface area contributed by atoms with E-state index in [2.05, 4.69) is 5.16 Å². The van der Waals surface area contributed by atoms with E-state index in [1.807, 2.05) is 51.0 Å². The molecule has 7 heteroatoms. The van der Waals surface area contributed by atoms with Crippen molar-refractivity contribution in [1.82, 2.24) is 15.0 Å². The Hall–Kier alpha value is -2.54. The van der Waals surface area contributed by atoms with E-state index in [4.69, 9.17) is 14.0 Å². The van der Waals surface area contributed by atoms with E-state index in [1.54, 1.807) is 11.9 Å². The first-order valence-corrected chi connectivity index (χ1v) is 8.11. The van der Waals surface area contributed by atoms with Crippen LogP contribution < -0.4 is 9.47 Å². The van der Waals surface area contributed by atoms with Crippen molar-refractivity contribution in [2.24, 2.45) is 0 Å². The summed E-state index contributed by atoms with van der Waals surface area (Å²) in [7, 11) is 5.56. The van der Waals surface area contributed by atoms with Gasteiger partial charge in [-0.3, -0.25) is 9.69 Å². The molecule has 25 heavy (non-hydrogen) atoms. The number of carbonyl (C=O) groups is 1. The number of amides is 1. The summed E-state index contributed by atoms with van der Waals surface area (Å²) in [5, 5.41) is 3.95. The smallest absolute Gasteiger partial charge is 0.244 e. The molecule has 0 radical (unpaired) electrons. The Bertz CT molecular complexity index is 765. The fourth-order valence-electron chi connectivity index (χ4n) is 3.00. The Morgan fingerprint density at radius 3 is 2.56 bits per heavy atom. The van der Waals surface area contributed by atoms with Crippen LogP contribution in [0.4, 0.5) is 0 Å². The van der Waals surface area contributed by atoms with Gasteiger partial charge in [-0.25, -0.2) is 0 Å². The number of ether oxygens (including phenoxy) is 2. The van der Waals surface area contributed by atoms with Crippen molar-refractivity contribution in [3.05, 3.63) is 40.8 Å². The highest BCUT2D eigenvalue weighted by atomic mass is 16.7. The summed E-state index contributed by atoms with van der Waals surface area (Å²) in [4.78, 5) is 16.7. The number of hydrogen-bond donors (Lipinski definition) is 0. The van der Waals surface area contributed by atoms with E-state index in [0.717, 1.165) is 22.6 Å². The Kier molecular flexibility index (Phi) is 4.67. The molecule has 0 fully saturated rings. The fraction of sp³-hybridized carbons (Fsp3) is 0.444. The number of likely N-dealkylation sites (N-methyl/N-ethyl adjacent to an activating group) is 2. The quantitative estimate of drug-likeness (QED) is 0.828. The molecule has 1 aromatic carbocycles. The number of carbonyl (C=O) groups excluding carboxylic acids is 1. The molecule has 0 bridgehead atoms. The molecular formula is C18H23N3O4. The van der Waals surface area contributed by atoms with Crippen molar-refractivity contribution >= 4 is 5.91 Å². The van der Waals surface area contributed by atoms with Crippen LogP contribution in [0, 0.1) is 13.8 Å². The van der Waals surface area contributed by atoms with Gasteiger partial charge < -0.3 is 18.9 Å². The third-order valence-corrected chi connectivity index (χ3v) is 4.42. The predicted octanol–water partition coefficient (Wildman–Crippen LogP) is 2.28. The molecule has 0 spiro atoms. The van der Waals surface area contributed by atoms with Gasteiger partial charge in [0, 0.05) is 12.6 Å². The monoisotopic (exact) mass is 345 g/mol. The largest absolute Gasteiger partial charge is 0.454 e. The summed E-state index contributed by atoms with van der Waals surface area (Å²) in [5.74, 6) is 2.11. The number of rotatable bonds is 5. The zero-order valence-electron chi connectivity index (χ0n) is 15.2. The van der Waals surface area contributed by atoms with E-state index in [1.165, 1.54) is 0 Å². The van der Waals surface area contributed by atoms with Gasteiger partial charge in [0.15, 0.2) is 11.5 Å². The average Bonchev–Trinajstić information content (AvgIpc) is 3.15. The third-order valence-electron chi connectivity index (χ3n) is 4.42. The zero-order chi connectivity index (χ0) is 18.1. The van der Waals surface area contributed by atoms with Gasteiger partial charge in [-0.15, -0.1) is 0 Å². The van der Waals surface area contributed by atoms with E-state index >= 15 is 0 Å². The molecule has 3 rings (SSSR count). The summed E-state index contributed by atoms with van der Waals surface area (Å²) in [6.45, 7) is 4.40. The fourth-order valence-corrected chi connectivity index (χ4v) is 3.00. The van der Waals surface area contributed by atoms with Crippen LogP contribution in [0.5, 0.6) is 11.5 Å². The van der Waals surface area contributed by atoms with Gasteiger partial charge >= 0.3 is 0 Å². The summed E-state index contributed by atoms with van der Waals surface area (Å²) >= 11 is 0. The normalized spacial score (nSPS) is 14.0. The van der Waals surface area contributed by atoms with Crippen molar-refractivity contribution in [3.8, 4) is 11.5 Å². The lowest BCUT2D eigenvalue weighted by Crippen LogP contribution is -2.38. The van der Waals surface area contributed by atoms with Crippen LogP contribution in [-0.4, -0.2) is 48.8 Å². The van der Waals surface area contributed by atoms with Gasteiger partial charge in [-0.05, 0) is 45.6 Å². The van der Waals surface area contributed by atoms with Crippen molar-refractivity contribution in [2.75, 3.05) is 27.9 Å². The van der Waals surface area contributed by atoms with Gasteiger partial charge in [0.05, 0.1) is 12.2 Å². The van der Waals surface area contributed by atoms with Gasteiger partial charge in [0.25, 0.3) is 0 Å². The number of hydrogen-bond acceptors (Lipinski definition) is 6. The second-order valence-electron chi connectivity index (χ2n) is 6.48. The second kappa shape index (κ2) is 6.76. The van der Waals surface area contributed by atoms with Gasteiger partial charge in [-0.1, -0.05) is 11.2 Å². The minimum Gasteiger partial charge on any atom is -0.454 e. The lowest BCUT2D eigenvalue weighted by Gasteiger charge is -2.28. The zero-order valence-corrected chi connectivity index (χ0v) is 15.2. The first kappa shape index (κ1) is 17.3. The van der Waals surface area contributed by atoms with E-state index in [0.29, 0.717) is 18.0 Å². The first-order valence-electron chi connectivity index (χ1n) is 8.11. The molecule has 0 saturated carbocycles. The number of aromatic nitrogens is 1. The predicted molar refractivity (Wildman–Crippen MR) is 91.4 cm³/mol. The maximum absolute atomic E-state index is 13.1. The van der Waals surface area contributed by atoms with E-state index < -0.39 is 6.04 Å². The standard InChI is InChI=1S/C18H23N3O4/c1-11-14(12(2)25-19-11)9-21(5)18(22)17(20(3)4)13-6-7-15-16(8-13)24-10-23-15/h6-8,17H,9-10H2,1-5H3/t17-/m0/s1. The van der Waals surface area contributed by atoms with Gasteiger partial charge in [0.1, 0.15) is 11.8 Å². The Morgan fingerprint density at radius 2 is 1.92 bits per heavy atom. The van der Waals surface area contributed by atoms with Crippen LogP contribution in [0.3, 0.4) is 0 Å². The topological polar surface area (TPSA) is 68.0 Å². The molecule has 2 aromatic rings. The molecule has 1 aromatic heterocycles. The first-order chi connectivity index (χ1) is 11.9. The molecule has 0 aliphatic carbocycles. The molecule has 0 N–H and O–H groups in total. The Morgan fingerprint density at radius 1 is 1.20 bits per heavy atom. The summed E-state index contributed by atoms with van der Waals surface area (Å²) < 4.78 is 16.0. The molecule has 0 saturated heterocycles. The molecule has 2 heterocycles. The van der Waals surface area contributed by atoms with Gasteiger partial charge in [0.2, 0.25) is 12.7 Å². The van der Waals surface area contributed by atoms with Crippen LogP contribution in [-0.2, 0) is 11.3 Å². The number of benzene rings is 1. The number of aryl methyl sites for hydroxylation is 2. The summed E-state index contributed by atoms with van der Waals surface area (Å²) in [5.41, 5.74) is 2.62. The van der Waals surface area contributed by atoms with E-state index in [-0.39, 0.29) is 12.7 Å². The molecule has 0 unspecified atom stereocenters. The number of nitrogens with zero attached hydrogens (tertiary/aromatic N) is 3. The molecule has 1 amide bonds. The third kappa shape index (κ3) is 3.32. The van der Waals surface area contributed by atoms with Crippen LogP contribution in [0.2, 0.25) is 0 Å². The molecule has 7 nitrogen and oxygen atoms in total. The minimum absolute atomic E-state index is 0.0103. The Labute approximate surface area is 147 Å². The van der Waals surface area contributed by atoms with Crippen LogP contribution in [0.1, 0.15) is 28.6 Å². The molecule has 1 atom stereocenters. The highest BCUT2D eigenvalue weighted by Gasteiger charge is 2.28. The maximum Gasteiger partial charge on any atom is 0.244 e. The lowest BCUT2D eigenvalue weighted by molar-refractivity contribution is -0.135. The van der Waals surface area contributed by atoms with Crippen LogP contribution in [0.25, 0.3) is 0 Å². The van der Waals surface area contributed by atoms with E-state index in [9.17, 15) is 4.79 Å². The van der Waals surface area contributed by atoms with Crippen molar-refractivity contribution in [3.63, 3.8) is 0 Å². The highest BCUT2D eigenvalue weighted by Crippen LogP contribution is 2.35. The van der Waals surface area contributed by atoms with Crippen molar-refractivity contribution in [2.45, 2.75) is 26.4 Å². The molecule has 1 aliphatic rings. The Balaban J connectivity index is 1.83. The summed E-state index contributed by atoms with van der Waals surface area (Å²) in [6, 6.07) is 5.20. The molecule has 134 valence electrons. The highest BCUT2D eigenvalue weighted by molar-refractivity contribution is 5.83. The average molecular weight is 345 g/mol. The summed E-state index contributed by atoms with van der Waals surface area (Å²) in [6.07, 6.45) is 0. The van der Waals surface area contributed by atoms with Crippen molar-refractivity contribution < 1.29 is 18.8 Å². The number of fused-ring (bicyclic) bond motifs is 1.